The number of carbonyl (C=O) groups is 1. The lowest BCUT2D eigenvalue weighted by atomic mass is 10.0. The van der Waals surface area contributed by atoms with Gasteiger partial charge < -0.3 is 4.74 Å². The molecule has 2 heteroatoms. The molecule has 0 saturated carbocycles. The van der Waals surface area contributed by atoms with E-state index in [4.69, 9.17) is 4.74 Å². The molecule has 0 bridgehead atoms. The van der Waals surface area contributed by atoms with Gasteiger partial charge >= 0.3 is 0 Å². The average Bonchev–Trinajstić information content (AvgIpc) is 2.52. The molecule has 0 unspecified atom stereocenters. The molecule has 0 saturated heterocycles. The summed E-state index contributed by atoms with van der Waals surface area (Å²) in [5.41, 5.74) is 1.34. The van der Waals surface area contributed by atoms with Crippen molar-refractivity contribution >= 4 is 5.78 Å². The molecule has 0 heterocycles. The molecule has 0 aliphatic rings. The molecule has 0 N–H and O–H groups in total. The van der Waals surface area contributed by atoms with Crippen LogP contribution in [0.15, 0.2) is 36.9 Å². The fourth-order valence-electron chi connectivity index (χ4n) is 2.25. The molecule has 21 heavy (non-hydrogen) atoms. The molecule has 1 aromatic rings. The Kier molecular flexibility index (Phi) is 9.26. The summed E-state index contributed by atoms with van der Waals surface area (Å²) >= 11 is 0. The lowest BCUT2D eigenvalue weighted by Crippen LogP contribution is -2.07. The first-order chi connectivity index (χ1) is 10.3. The zero-order valence-corrected chi connectivity index (χ0v) is 13.3. The third-order valence-electron chi connectivity index (χ3n) is 3.60. The molecule has 0 amide bonds. The second-order valence-corrected chi connectivity index (χ2v) is 5.47. The third kappa shape index (κ3) is 8.34. The highest BCUT2D eigenvalue weighted by atomic mass is 16.5. The number of hydrogen-bond acceptors (Lipinski definition) is 2. The average molecular weight is 288 g/mol. The van der Waals surface area contributed by atoms with Gasteiger partial charge in [-0.25, -0.2) is 0 Å². The maximum absolute atomic E-state index is 11.1. The topological polar surface area (TPSA) is 26.3 Å². The van der Waals surface area contributed by atoms with E-state index in [1.165, 1.54) is 56.6 Å². The van der Waals surface area contributed by atoms with Crippen LogP contribution in [0, 0.1) is 0 Å². The van der Waals surface area contributed by atoms with Gasteiger partial charge in [0.2, 0.25) is 0 Å². The Labute approximate surface area is 129 Å². The highest BCUT2D eigenvalue weighted by molar-refractivity contribution is 5.90. The van der Waals surface area contributed by atoms with Crippen molar-refractivity contribution in [2.45, 2.75) is 58.3 Å². The summed E-state index contributed by atoms with van der Waals surface area (Å²) in [5, 5.41) is 0. The van der Waals surface area contributed by atoms with Crippen LogP contribution in [-0.4, -0.2) is 12.4 Å². The monoisotopic (exact) mass is 288 g/mol. The second-order valence-electron chi connectivity index (χ2n) is 5.47. The van der Waals surface area contributed by atoms with E-state index in [0.29, 0.717) is 0 Å². The van der Waals surface area contributed by atoms with Crippen LogP contribution in [0.5, 0.6) is 5.75 Å². The van der Waals surface area contributed by atoms with Crippen LogP contribution in [0.4, 0.5) is 0 Å². The molecular formula is C19H28O2. The van der Waals surface area contributed by atoms with E-state index < -0.39 is 0 Å². The van der Waals surface area contributed by atoms with E-state index >= 15 is 0 Å². The Hall–Kier alpha value is -1.57. The first-order valence-electron chi connectivity index (χ1n) is 8.13. The van der Waals surface area contributed by atoms with E-state index in [-0.39, 0.29) is 12.4 Å². The first kappa shape index (κ1) is 17.5. The maximum atomic E-state index is 11.1. The van der Waals surface area contributed by atoms with Gasteiger partial charge in [-0.15, -0.1) is 0 Å². The van der Waals surface area contributed by atoms with E-state index in [1.807, 2.05) is 12.1 Å². The van der Waals surface area contributed by atoms with Gasteiger partial charge in [0.25, 0.3) is 0 Å². The summed E-state index contributed by atoms with van der Waals surface area (Å²) in [6, 6.07) is 8.05. The summed E-state index contributed by atoms with van der Waals surface area (Å²) in [7, 11) is 0. The summed E-state index contributed by atoms with van der Waals surface area (Å²) in [5.74, 6) is 0.649. The molecule has 0 radical (unpaired) electrons. The number of benzene rings is 1. The molecule has 1 rings (SSSR count). The van der Waals surface area contributed by atoms with Crippen molar-refractivity contribution in [3.8, 4) is 5.75 Å². The molecular weight excluding hydrogens is 260 g/mol. The van der Waals surface area contributed by atoms with Crippen molar-refractivity contribution in [2.75, 3.05) is 6.61 Å². The Morgan fingerprint density at radius 1 is 1.05 bits per heavy atom. The van der Waals surface area contributed by atoms with Gasteiger partial charge in [-0.1, -0.05) is 64.2 Å². The van der Waals surface area contributed by atoms with Gasteiger partial charge in [0.15, 0.2) is 12.4 Å². The molecule has 0 spiro atoms. The van der Waals surface area contributed by atoms with Gasteiger partial charge in [-0.05, 0) is 36.6 Å². The molecule has 116 valence electrons. The largest absolute Gasteiger partial charge is 0.485 e. The minimum Gasteiger partial charge on any atom is -0.485 e. The highest BCUT2D eigenvalue weighted by Crippen LogP contribution is 2.15. The standard InChI is InChI=1S/C19H28O2/c1-3-5-6-7-8-9-10-11-17-12-14-19(15-13-17)21-16-18(20)4-2/h4,12-15H,2-3,5-11,16H2,1H3. The Bertz CT molecular complexity index is 406. The zero-order valence-electron chi connectivity index (χ0n) is 13.3. The lowest BCUT2D eigenvalue weighted by molar-refractivity contribution is -0.116. The first-order valence-corrected chi connectivity index (χ1v) is 8.13. The van der Waals surface area contributed by atoms with Gasteiger partial charge in [0.1, 0.15) is 5.75 Å². The number of rotatable bonds is 12. The van der Waals surface area contributed by atoms with Gasteiger partial charge in [0, 0.05) is 0 Å². The van der Waals surface area contributed by atoms with Crippen LogP contribution >= 0.6 is 0 Å². The smallest absolute Gasteiger partial charge is 0.192 e. The molecule has 1 aromatic carbocycles. The molecule has 0 aromatic heterocycles. The van der Waals surface area contributed by atoms with Crippen molar-refractivity contribution in [3.63, 3.8) is 0 Å². The summed E-state index contributed by atoms with van der Waals surface area (Å²) in [6.07, 6.45) is 11.8. The third-order valence-corrected chi connectivity index (χ3v) is 3.60. The minimum absolute atomic E-state index is 0.0700. The van der Waals surface area contributed by atoms with Crippen molar-refractivity contribution in [3.05, 3.63) is 42.5 Å². The van der Waals surface area contributed by atoms with E-state index in [1.54, 1.807) is 0 Å². The van der Waals surface area contributed by atoms with E-state index in [0.717, 1.165) is 12.2 Å². The predicted octanol–water partition coefficient (Wildman–Crippen LogP) is 5.11. The fourth-order valence-corrected chi connectivity index (χ4v) is 2.25. The second kappa shape index (κ2) is 11.1. The van der Waals surface area contributed by atoms with Crippen LogP contribution in [-0.2, 0) is 11.2 Å². The predicted molar refractivity (Wildman–Crippen MR) is 88.8 cm³/mol. The number of ether oxygens (including phenoxy) is 1. The minimum atomic E-state index is -0.0952. The van der Waals surface area contributed by atoms with Gasteiger partial charge in [-0.2, -0.15) is 0 Å². The number of aryl methyl sites for hydroxylation is 1. The Balaban J connectivity index is 2.16. The maximum Gasteiger partial charge on any atom is 0.192 e. The van der Waals surface area contributed by atoms with Crippen LogP contribution in [0.25, 0.3) is 0 Å². The van der Waals surface area contributed by atoms with Crippen LogP contribution in [0.1, 0.15) is 57.4 Å². The number of carbonyl (C=O) groups excluding carboxylic acids is 1. The highest BCUT2D eigenvalue weighted by Gasteiger charge is 1.99. The Morgan fingerprint density at radius 3 is 2.29 bits per heavy atom. The lowest BCUT2D eigenvalue weighted by Gasteiger charge is -2.06. The molecule has 0 fully saturated rings. The number of ketones is 1. The van der Waals surface area contributed by atoms with Gasteiger partial charge in [-0.3, -0.25) is 4.79 Å². The van der Waals surface area contributed by atoms with Crippen LogP contribution in [0.3, 0.4) is 0 Å². The fraction of sp³-hybridized carbons (Fsp3) is 0.526. The molecule has 0 aliphatic heterocycles. The van der Waals surface area contributed by atoms with Crippen LogP contribution in [0.2, 0.25) is 0 Å². The van der Waals surface area contributed by atoms with Crippen molar-refractivity contribution < 1.29 is 9.53 Å². The van der Waals surface area contributed by atoms with E-state index in [2.05, 4.69) is 25.6 Å². The van der Waals surface area contributed by atoms with Gasteiger partial charge in [0.05, 0.1) is 0 Å². The summed E-state index contributed by atoms with van der Waals surface area (Å²) in [4.78, 5) is 11.1. The normalized spacial score (nSPS) is 10.3. The van der Waals surface area contributed by atoms with E-state index in [9.17, 15) is 4.79 Å². The molecule has 0 atom stereocenters. The zero-order chi connectivity index (χ0) is 15.3. The number of hydrogen-bond donors (Lipinski definition) is 0. The quantitative estimate of drug-likeness (QED) is 0.394. The van der Waals surface area contributed by atoms with Crippen molar-refractivity contribution in [1.82, 2.24) is 0 Å². The van der Waals surface area contributed by atoms with Crippen molar-refractivity contribution in [2.24, 2.45) is 0 Å². The van der Waals surface area contributed by atoms with Crippen LogP contribution < -0.4 is 4.74 Å². The number of unbranched alkanes of at least 4 members (excludes halogenated alkanes) is 6. The summed E-state index contributed by atoms with van der Waals surface area (Å²) in [6.45, 7) is 5.74. The van der Waals surface area contributed by atoms with Crippen molar-refractivity contribution in [1.29, 1.82) is 0 Å². The Morgan fingerprint density at radius 2 is 1.67 bits per heavy atom. The SMILES string of the molecule is C=CC(=O)COc1ccc(CCCCCCCCC)cc1. The molecule has 0 aliphatic carbocycles. The molecule has 2 nitrogen and oxygen atoms in total. The summed E-state index contributed by atoms with van der Waals surface area (Å²) < 4.78 is 5.37.